The number of fused-ring (bicyclic) bond motifs is 2. The minimum Gasteiger partial charge on any atom is -0.382 e. The molecule has 136 valence electrons. The average molecular weight is 367 g/mol. The van der Waals surface area contributed by atoms with E-state index in [4.69, 9.17) is 15.7 Å². The maximum absolute atomic E-state index is 5.92. The summed E-state index contributed by atoms with van der Waals surface area (Å²) in [4.78, 5) is 22.7. The molecule has 0 saturated carbocycles. The zero-order chi connectivity index (χ0) is 19.1. The smallest absolute Gasteiger partial charge is 0.165 e. The molecule has 2 aromatic carbocycles. The number of nitrogen functional groups attached to an aromatic ring is 1. The summed E-state index contributed by atoms with van der Waals surface area (Å²) in [5.41, 5.74) is 12.1. The van der Waals surface area contributed by atoms with Gasteiger partial charge in [0, 0.05) is 5.56 Å². The zero-order valence-electron chi connectivity index (χ0n) is 15.2. The average Bonchev–Trinajstić information content (AvgIpc) is 3.22. The molecule has 0 amide bonds. The van der Waals surface area contributed by atoms with E-state index in [1.807, 2.05) is 60.0 Å². The number of benzene rings is 2. The Morgan fingerprint density at radius 3 is 2.61 bits per heavy atom. The van der Waals surface area contributed by atoms with Gasteiger partial charge in [-0.05, 0) is 18.6 Å². The first-order valence-electron chi connectivity index (χ1n) is 8.93. The molecule has 7 heteroatoms. The third-order valence-corrected chi connectivity index (χ3v) is 4.77. The predicted molar refractivity (Wildman–Crippen MR) is 108 cm³/mol. The van der Waals surface area contributed by atoms with Crippen LogP contribution in [0.3, 0.4) is 0 Å². The first kappa shape index (κ1) is 16.3. The van der Waals surface area contributed by atoms with Crippen LogP contribution >= 0.6 is 0 Å². The number of anilines is 1. The molecule has 28 heavy (non-hydrogen) atoms. The Bertz CT molecular complexity index is 1260. The number of rotatable bonds is 3. The Labute approximate surface area is 161 Å². The maximum atomic E-state index is 5.92. The van der Waals surface area contributed by atoms with Gasteiger partial charge >= 0.3 is 0 Å². The van der Waals surface area contributed by atoms with E-state index in [1.165, 1.54) is 6.33 Å². The SMILES string of the molecule is Cc1cccc2nc(Cn3cnc(N)c4ncnc3-4)c(-c3ccccc3)nc12. The molecule has 2 aliphatic heterocycles. The molecule has 0 aliphatic carbocycles. The molecule has 0 bridgehead atoms. The van der Waals surface area contributed by atoms with Gasteiger partial charge in [-0.3, -0.25) is 0 Å². The molecule has 3 aromatic rings. The van der Waals surface area contributed by atoms with Gasteiger partial charge in [0.15, 0.2) is 11.6 Å². The van der Waals surface area contributed by atoms with Crippen molar-refractivity contribution in [2.75, 3.05) is 5.73 Å². The number of aromatic nitrogens is 6. The molecule has 3 heterocycles. The van der Waals surface area contributed by atoms with Gasteiger partial charge in [-0.1, -0.05) is 42.5 Å². The highest BCUT2D eigenvalue weighted by molar-refractivity contribution is 5.81. The minimum atomic E-state index is 0.368. The van der Waals surface area contributed by atoms with Crippen LogP contribution in [-0.2, 0) is 6.54 Å². The molecular weight excluding hydrogens is 350 g/mol. The van der Waals surface area contributed by atoms with Crippen molar-refractivity contribution in [3.63, 3.8) is 0 Å². The van der Waals surface area contributed by atoms with Gasteiger partial charge in [0.25, 0.3) is 0 Å². The van der Waals surface area contributed by atoms with Crippen LogP contribution in [0.4, 0.5) is 5.82 Å². The van der Waals surface area contributed by atoms with Crippen LogP contribution in [0.2, 0.25) is 0 Å². The van der Waals surface area contributed by atoms with Crippen molar-refractivity contribution in [1.29, 1.82) is 0 Å². The molecule has 7 nitrogen and oxygen atoms in total. The second kappa shape index (κ2) is 6.38. The van der Waals surface area contributed by atoms with E-state index in [1.54, 1.807) is 6.33 Å². The van der Waals surface area contributed by atoms with Crippen LogP contribution in [-0.4, -0.2) is 29.5 Å². The lowest BCUT2D eigenvalue weighted by Crippen LogP contribution is -2.12. The minimum absolute atomic E-state index is 0.368. The fraction of sp³-hybridized carbons (Fsp3) is 0.0952. The van der Waals surface area contributed by atoms with Gasteiger partial charge in [-0.25, -0.2) is 24.9 Å². The third kappa shape index (κ3) is 2.64. The Morgan fingerprint density at radius 2 is 1.75 bits per heavy atom. The summed E-state index contributed by atoms with van der Waals surface area (Å²) in [6.07, 6.45) is 3.16. The van der Waals surface area contributed by atoms with Gasteiger partial charge in [0.05, 0.1) is 35.3 Å². The number of nitrogens with two attached hydrogens (primary N) is 1. The molecule has 2 aliphatic rings. The van der Waals surface area contributed by atoms with E-state index < -0.39 is 0 Å². The summed E-state index contributed by atoms with van der Waals surface area (Å²) >= 11 is 0. The molecular formula is C21H17N7. The molecule has 2 N–H and O–H groups in total. The van der Waals surface area contributed by atoms with Crippen molar-refractivity contribution < 1.29 is 0 Å². The number of hydrogen-bond acceptors (Lipinski definition) is 6. The van der Waals surface area contributed by atoms with Gasteiger partial charge < -0.3 is 10.3 Å². The van der Waals surface area contributed by atoms with Crippen molar-refractivity contribution in [2.45, 2.75) is 13.5 Å². The number of para-hydroxylation sites is 1. The molecule has 0 fully saturated rings. The number of imidazole rings is 1. The summed E-state index contributed by atoms with van der Waals surface area (Å²) < 4.78 is 1.90. The van der Waals surface area contributed by atoms with Crippen molar-refractivity contribution in [2.24, 2.45) is 0 Å². The van der Waals surface area contributed by atoms with Crippen LogP contribution in [0.25, 0.3) is 33.8 Å². The first-order valence-corrected chi connectivity index (χ1v) is 8.93. The molecule has 5 rings (SSSR count). The Kier molecular flexibility index (Phi) is 3.72. The van der Waals surface area contributed by atoms with Gasteiger partial charge in [0.2, 0.25) is 0 Å². The summed E-state index contributed by atoms with van der Waals surface area (Å²) in [6.45, 7) is 2.51. The molecule has 0 atom stereocenters. The highest BCUT2D eigenvalue weighted by Crippen LogP contribution is 2.27. The van der Waals surface area contributed by atoms with Crippen LogP contribution in [0.5, 0.6) is 0 Å². The highest BCUT2D eigenvalue weighted by Gasteiger charge is 2.18. The Balaban J connectivity index is 1.71. The second-order valence-electron chi connectivity index (χ2n) is 6.63. The Hall–Kier alpha value is -3.87. The molecule has 0 unspecified atom stereocenters. The van der Waals surface area contributed by atoms with Crippen LogP contribution in [0.1, 0.15) is 11.3 Å². The molecule has 1 aromatic heterocycles. The highest BCUT2D eigenvalue weighted by atomic mass is 15.2. The quantitative estimate of drug-likeness (QED) is 0.525. The summed E-state index contributed by atoms with van der Waals surface area (Å²) in [6, 6.07) is 16.1. The topological polar surface area (TPSA) is 95.4 Å². The maximum Gasteiger partial charge on any atom is 0.165 e. The fourth-order valence-corrected chi connectivity index (χ4v) is 3.37. The predicted octanol–water partition coefficient (Wildman–Crippen LogP) is 3.33. The monoisotopic (exact) mass is 367 g/mol. The lowest BCUT2D eigenvalue weighted by atomic mass is 10.1. The van der Waals surface area contributed by atoms with Crippen LogP contribution < -0.4 is 5.73 Å². The first-order chi connectivity index (χ1) is 13.7. The van der Waals surface area contributed by atoms with E-state index in [0.29, 0.717) is 23.9 Å². The molecule has 0 spiro atoms. The lowest BCUT2D eigenvalue weighted by Gasteiger charge is -2.15. The Morgan fingerprint density at radius 1 is 0.893 bits per heavy atom. The zero-order valence-corrected chi connectivity index (χ0v) is 15.2. The van der Waals surface area contributed by atoms with Gasteiger partial charge in [-0.2, -0.15) is 0 Å². The fourth-order valence-electron chi connectivity index (χ4n) is 3.37. The van der Waals surface area contributed by atoms with E-state index >= 15 is 0 Å². The van der Waals surface area contributed by atoms with E-state index in [2.05, 4.69) is 15.0 Å². The second-order valence-corrected chi connectivity index (χ2v) is 6.63. The van der Waals surface area contributed by atoms with Gasteiger partial charge in [-0.15, -0.1) is 0 Å². The van der Waals surface area contributed by atoms with E-state index in [0.717, 1.165) is 33.5 Å². The van der Waals surface area contributed by atoms with Gasteiger partial charge in [0.1, 0.15) is 12.0 Å². The number of aryl methyl sites for hydroxylation is 1. The van der Waals surface area contributed by atoms with Crippen molar-refractivity contribution in [3.8, 4) is 22.8 Å². The van der Waals surface area contributed by atoms with Crippen LogP contribution in [0, 0.1) is 6.92 Å². The van der Waals surface area contributed by atoms with Crippen molar-refractivity contribution in [1.82, 2.24) is 29.5 Å². The largest absolute Gasteiger partial charge is 0.382 e. The number of hydrogen-bond donors (Lipinski definition) is 1. The van der Waals surface area contributed by atoms with E-state index in [-0.39, 0.29) is 0 Å². The normalized spacial score (nSPS) is 11.3. The van der Waals surface area contributed by atoms with Crippen LogP contribution in [0.15, 0.2) is 61.2 Å². The molecule has 0 saturated heterocycles. The van der Waals surface area contributed by atoms with E-state index in [9.17, 15) is 0 Å². The summed E-state index contributed by atoms with van der Waals surface area (Å²) in [7, 11) is 0. The third-order valence-electron chi connectivity index (χ3n) is 4.77. The van der Waals surface area contributed by atoms with Crippen molar-refractivity contribution >= 4 is 16.9 Å². The standard InChI is InChI=1S/C21H17N7/c1-13-6-5-9-15-17(13)27-18(14-7-3-2-4-8-14)16(26-15)10-28-12-25-20(22)19-21(28)24-11-23-19/h2-9,11-12H,10,22H2,1H3. The summed E-state index contributed by atoms with van der Waals surface area (Å²) in [5, 5.41) is 0. The molecule has 0 radical (unpaired) electrons. The summed E-state index contributed by atoms with van der Waals surface area (Å²) in [5.74, 6) is 1.05. The van der Waals surface area contributed by atoms with Crippen molar-refractivity contribution in [3.05, 3.63) is 72.4 Å². The lowest BCUT2D eigenvalue weighted by molar-refractivity contribution is 0.745. The number of nitrogens with zero attached hydrogens (tertiary/aromatic N) is 6.